The number of benzene rings is 1. The number of rotatable bonds is 3. The Morgan fingerprint density at radius 3 is 2.91 bits per heavy atom. The summed E-state index contributed by atoms with van der Waals surface area (Å²) >= 11 is 0. The van der Waals surface area contributed by atoms with Crippen molar-refractivity contribution in [2.45, 2.75) is 24.3 Å². The van der Waals surface area contributed by atoms with Gasteiger partial charge in [-0.05, 0) is 12.1 Å². The van der Waals surface area contributed by atoms with Gasteiger partial charge < -0.3 is 20.6 Å². The Morgan fingerprint density at radius 1 is 1.36 bits per heavy atom. The van der Waals surface area contributed by atoms with Crippen LogP contribution < -0.4 is 5.32 Å². The molecular weight excluding hydrogens is 291 g/mol. The van der Waals surface area contributed by atoms with Crippen molar-refractivity contribution in [2.75, 3.05) is 13.2 Å². The predicted molar refractivity (Wildman–Crippen MR) is 75.3 cm³/mol. The van der Waals surface area contributed by atoms with Crippen molar-refractivity contribution in [3.63, 3.8) is 0 Å². The van der Waals surface area contributed by atoms with E-state index in [1.54, 1.807) is 18.3 Å². The molecule has 4 atom stereocenters. The van der Waals surface area contributed by atoms with Crippen molar-refractivity contribution >= 4 is 0 Å². The zero-order valence-corrected chi connectivity index (χ0v) is 11.7. The van der Waals surface area contributed by atoms with Crippen molar-refractivity contribution in [1.29, 1.82) is 0 Å². The average Bonchev–Trinajstić information content (AvgIpc) is 2.97. The first-order valence-corrected chi connectivity index (χ1v) is 6.98. The number of halogens is 1. The van der Waals surface area contributed by atoms with Crippen LogP contribution in [0, 0.1) is 5.82 Å². The molecular formula is C14H17FN4O3. The van der Waals surface area contributed by atoms with E-state index in [-0.39, 0.29) is 19.0 Å². The molecule has 2 heterocycles. The minimum absolute atomic E-state index is 0.224. The number of nitrogens with one attached hydrogen (secondary N) is 1. The van der Waals surface area contributed by atoms with Gasteiger partial charge >= 0.3 is 0 Å². The molecule has 0 radical (unpaired) electrons. The molecule has 4 N–H and O–H groups in total. The van der Waals surface area contributed by atoms with E-state index in [0.717, 1.165) is 0 Å². The Hall–Kier alpha value is -1.87. The van der Waals surface area contributed by atoms with Crippen LogP contribution in [-0.2, 0) is 0 Å². The van der Waals surface area contributed by atoms with Crippen LogP contribution in [0.4, 0.5) is 4.39 Å². The van der Waals surface area contributed by atoms with E-state index in [1.165, 1.54) is 16.8 Å². The Kier molecular flexibility index (Phi) is 4.16. The highest BCUT2D eigenvalue weighted by molar-refractivity contribution is 5.57. The molecule has 1 aliphatic rings. The molecule has 0 aliphatic carbocycles. The third-order valence-corrected chi connectivity index (χ3v) is 3.88. The van der Waals surface area contributed by atoms with Gasteiger partial charge in [0.25, 0.3) is 0 Å². The highest BCUT2D eigenvalue weighted by Gasteiger charge is 2.39. The van der Waals surface area contributed by atoms with E-state index in [2.05, 4.69) is 15.6 Å². The van der Waals surface area contributed by atoms with Crippen LogP contribution in [0.5, 0.6) is 0 Å². The zero-order chi connectivity index (χ0) is 15.7. The molecule has 0 unspecified atom stereocenters. The number of hydrogen-bond acceptors (Lipinski definition) is 6. The summed E-state index contributed by atoms with van der Waals surface area (Å²) in [4.78, 5) is 0. The van der Waals surface area contributed by atoms with E-state index < -0.39 is 24.3 Å². The molecule has 0 saturated carbocycles. The summed E-state index contributed by atoms with van der Waals surface area (Å²) in [6, 6.07) is 4.66. The standard InChI is InChI=1S/C14H17FN4O3/c15-9-3-1-2-8(4-9)10-6-19(18-17-10)13-12(21)5-16-11(7-20)14(13)22/h1-4,6,11-14,16,20-22H,5,7H2/t11-,12-,13-,14-/m0/s1. The first-order valence-electron chi connectivity index (χ1n) is 6.98. The van der Waals surface area contributed by atoms with Crippen molar-refractivity contribution in [3.8, 4) is 11.3 Å². The van der Waals surface area contributed by atoms with Crippen molar-refractivity contribution < 1.29 is 19.7 Å². The largest absolute Gasteiger partial charge is 0.395 e. The van der Waals surface area contributed by atoms with Crippen molar-refractivity contribution in [1.82, 2.24) is 20.3 Å². The quantitative estimate of drug-likeness (QED) is 0.598. The number of hydrogen-bond donors (Lipinski definition) is 4. The molecule has 1 fully saturated rings. The Balaban J connectivity index is 1.89. The second-order valence-corrected chi connectivity index (χ2v) is 5.34. The van der Waals surface area contributed by atoms with Gasteiger partial charge in [-0.25, -0.2) is 9.07 Å². The van der Waals surface area contributed by atoms with Crippen molar-refractivity contribution in [2.24, 2.45) is 0 Å². The molecule has 8 heteroatoms. The normalized spacial score (nSPS) is 28.7. The van der Waals surface area contributed by atoms with Crippen LogP contribution in [0.2, 0.25) is 0 Å². The fourth-order valence-electron chi connectivity index (χ4n) is 2.69. The third-order valence-electron chi connectivity index (χ3n) is 3.88. The summed E-state index contributed by atoms with van der Waals surface area (Å²) in [5.74, 6) is -0.380. The molecule has 0 bridgehead atoms. The number of β-amino-alcohol motifs (C(OH)–C–C–N with tert-alkyl or cyclic N) is 1. The van der Waals surface area contributed by atoms with Gasteiger partial charge in [-0.1, -0.05) is 17.3 Å². The lowest BCUT2D eigenvalue weighted by Gasteiger charge is -2.37. The number of piperidine rings is 1. The van der Waals surface area contributed by atoms with Gasteiger partial charge in [0.05, 0.1) is 31.1 Å². The smallest absolute Gasteiger partial charge is 0.123 e. The predicted octanol–water partition coefficient (Wildman–Crippen LogP) is -0.689. The van der Waals surface area contributed by atoms with E-state index in [4.69, 9.17) is 0 Å². The summed E-state index contributed by atoms with van der Waals surface area (Å²) in [6.07, 6.45) is -0.346. The number of aliphatic hydroxyl groups excluding tert-OH is 3. The van der Waals surface area contributed by atoms with Crippen LogP contribution in [-0.4, -0.2) is 61.7 Å². The van der Waals surface area contributed by atoms with E-state index in [9.17, 15) is 19.7 Å². The van der Waals surface area contributed by atoms with E-state index in [0.29, 0.717) is 11.3 Å². The average molecular weight is 308 g/mol. The van der Waals surface area contributed by atoms with Crippen LogP contribution >= 0.6 is 0 Å². The molecule has 2 aromatic rings. The van der Waals surface area contributed by atoms with Crippen LogP contribution in [0.15, 0.2) is 30.5 Å². The lowest BCUT2D eigenvalue weighted by molar-refractivity contribution is -0.0459. The fourth-order valence-corrected chi connectivity index (χ4v) is 2.69. The van der Waals surface area contributed by atoms with Gasteiger partial charge in [-0.15, -0.1) is 5.10 Å². The first-order chi connectivity index (χ1) is 10.6. The molecule has 22 heavy (non-hydrogen) atoms. The molecule has 1 aromatic heterocycles. The summed E-state index contributed by atoms with van der Waals surface area (Å²) in [5.41, 5.74) is 1.00. The maximum Gasteiger partial charge on any atom is 0.123 e. The van der Waals surface area contributed by atoms with Gasteiger partial charge in [0, 0.05) is 12.1 Å². The topological polar surface area (TPSA) is 103 Å². The maximum absolute atomic E-state index is 13.3. The van der Waals surface area contributed by atoms with Gasteiger partial charge in [-0.3, -0.25) is 0 Å². The lowest BCUT2D eigenvalue weighted by atomic mass is 9.94. The molecule has 1 saturated heterocycles. The number of nitrogens with zero attached hydrogens (tertiary/aromatic N) is 3. The Morgan fingerprint density at radius 2 is 2.18 bits per heavy atom. The highest BCUT2D eigenvalue weighted by atomic mass is 19.1. The number of aliphatic hydroxyl groups is 3. The molecule has 118 valence electrons. The zero-order valence-electron chi connectivity index (χ0n) is 11.7. The van der Waals surface area contributed by atoms with Gasteiger partial charge in [-0.2, -0.15) is 0 Å². The summed E-state index contributed by atoms with van der Waals surface area (Å²) < 4.78 is 14.6. The van der Waals surface area contributed by atoms with E-state index >= 15 is 0 Å². The maximum atomic E-state index is 13.3. The third kappa shape index (κ3) is 2.73. The van der Waals surface area contributed by atoms with Gasteiger partial charge in [0.1, 0.15) is 17.6 Å². The minimum atomic E-state index is -1.02. The van der Waals surface area contributed by atoms with Crippen molar-refractivity contribution in [3.05, 3.63) is 36.3 Å². The summed E-state index contributed by atoms with van der Waals surface area (Å²) in [7, 11) is 0. The van der Waals surface area contributed by atoms with Gasteiger partial charge in [0.2, 0.25) is 0 Å². The SMILES string of the molecule is OC[C@@H]1NC[C@H](O)[C@H](n2cc(-c3cccc(F)c3)nn2)[C@H]1O. The highest BCUT2D eigenvalue weighted by Crippen LogP contribution is 2.25. The Labute approximate surface area is 126 Å². The van der Waals surface area contributed by atoms with E-state index in [1.807, 2.05) is 0 Å². The fraction of sp³-hybridized carbons (Fsp3) is 0.429. The monoisotopic (exact) mass is 308 g/mol. The van der Waals surface area contributed by atoms with Gasteiger partial charge in [0.15, 0.2) is 0 Å². The van der Waals surface area contributed by atoms with Crippen LogP contribution in [0.1, 0.15) is 6.04 Å². The molecule has 7 nitrogen and oxygen atoms in total. The minimum Gasteiger partial charge on any atom is -0.395 e. The molecule has 1 aliphatic heterocycles. The Bertz CT molecular complexity index is 651. The second kappa shape index (κ2) is 6.09. The van der Waals surface area contributed by atoms with Crippen LogP contribution in [0.25, 0.3) is 11.3 Å². The molecule has 3 rings (SSSR count). The molecule has 0 spiro atoms. The lowest BCUT2D eigenvalue weighted by Crippen LogP contribution is -2.58. The summed E-state index contributed by atoms with van der Waals surface area (Å²) in [5, 5.41) is 40.3. The van der Waals surface area contributed by atoms with Crippen LogP contribution in [0.3, 0.4) is 0 Å². The summed E-state index contributed by atoms with van der Waals surface area (Å²) in [6.45, 7) is -0.0298. The first kappa shape index (κ1) is 15.0. The molecule has 0 amide bonds. The molecule has 1 aromatic carbocycles. The second-order valence-electron chi connectivity index (χ2n) is 5.34. The number of aromatic nitrogens is 3.